The molecule has 2 aliphatic heterocycles. The van der Waals surface area contributed by atoms with Crippen LogP contribution < -0.4 is 10.1 Å². The maximum absolute atomic E-state index is 12.6. The second kappa shape index (κ2) is 8.98. The van der Waals surface area contributed by atoms with Crippen LogP contribution in [0.5, 0.6) is 5.75 Å². The van der Waals surface area contributed by atoms with Crippen molar-refractivity contribution in [2.45, 2.75) is 6.10 Å². The second-order valence-corrected chi connectivity index (χ2v) is 6.31. The summed E-state index contributed by atoms with van der Waals surface area (Å²) in [6, 6.07) is 7.21. The Morgan fingerprint density at radius 1 is 1.23 bits per heavy atom. The van der Waals surface area contributed by atoms with E-state index in [2.05, 4.69) is 5.32 Å². The molecule has 1 aromatic carbocycles. The highest BCUT2D eigenvalue weighted by Crippen LogP contribution is 2.17. The van der Waals surface area contributed by atoms with Gasteiger partial charge in [0.1, 0.15) is 11.9 Å². The fourth-order valence-electron chi connectivity index (χ4n) is 3.09. The molecule has 0 saturated carbocycles. The van der Waals surface area contributed by atoms with Gasteiger partial charge >= 0.3 is 0 Å². The largest absolute Gasteiger partial charge is 0.497 e. The number of methoxy groups -OCH3 is 1. The van der Waals surface area contributed by atoms with Gasteiger partial charge in [-0.2, -0.15) is 0 Å². The number of nitrogens with zero attached hydrogens (tertiary/aromatic N) is 2. The van der Waals surface area contributed by atoms with Crippen LogP contribution in [0.4, 0.5) is 5.69 Å². The van der Waals surface area contributed by atoms with Gasteiger partial charge in [0, 0.05) is 37.9 Å². The molecule has 3 rings (SSSR count). The Bertz CT molecular complexity index is 633. The number of rotatable bonds is 5. The van der Waals surface area contributed by atoms with E-state index in [1.54, 1.807) is 18.1 Å². The van der Waals surface area contributed by atoms with Crippen LogP contribution in [0.1, 0.15) is 0 Å². The summed E-state index contributed by atoms with van der Waals surface area (Å²) in [4.78, 5) is 28.6. The Morgan fingerprint density at radius 2 is 2.04 bits per heavy atom. The van der Waals surface area contributed by atoms with E-state index >= 15 is 0 Å². The minimum Gasteiger partial charge on any atom is -0.497 e. The Labute approximate surface area is 153 Å². The van der Waals surface area contributed by atoms with E-state index in [0.717, 1.165) is 0 Å². The molecule has 2 saturated heterocycles. The van der Waals surface area contributed by atoms with Crippen LogP contribution in [0.25, 0.3) is 0 Å². The molecule has 1 N–H and O–H groups in total. The lowest BCUT2D eigenvalue weighted by atomic mass is 10.2. The number of hydrogen-bond acceptors (Lipinski definition) is 6. The zero-order valence-corrected chi connectivity index (χ0v) is 15.0. The van der Waals surface area contributed by atoms with Gasteiger partial charge < -0.3 is 24.4 Å². The lowest BCUT2D eigenvalue weighted by Crippen LogP contribution is -2.54. The van der Waals surface area contributed by atoms with Gasteiger partial charge in [0.05, 0.1) is 33.5 Å². The van der Waals surface area contributed by atoms with E-state index in [4.69, 9.17) is 14.2 Å². The van der Waals surface area contributed by atoms with Crippen molar-refractivity contribution < 1.29 is 23.8 Å². The predicted octanol–water partition coefficient (Wildman–Crippen LogP) is 0.193. The van der Waals surface area contributed by atoms with Crippen LogP contribution in [-0.4, -0.2) is 87.4 Å². The average molecular weight is 363 g/mol. The highest BCUT2D eigenvalue weighted by atomic mass is 16.5. The van der Waals surface area contributed by atoms with E-state index in [-0.39, 0.29) is 18.4 Å². The third-order valence-electron chi connectivity index (χ3n) is 4.47. The number of carbonyl (C=O) groups excluding carboxylic acids is 2. The first-order valence-electron chi connectivity index (χ1n) is 8.80. The van der Waals surface area contributed by atoms with Crippen molar-refractivity contribution >= 4 is 17.5 Å². The maximum Gasteiger partial charge on any atom is 0.253 e. The van der Waals surface area contributed by atoms with Crippen LogP contribution in [0.3, 0.4) is 0 Å². The summed E-state index contributed by atoms with van der Waals surface area (Å²) < 4.78 is 16.1. The number of nitrogens with one attached hydrogen (secondary N) is 1. The van der Waals surface area contributed by atoms with Crippen molar-refractivity contribution in [1.82, 2.24) is 9.80 Å². The van der Waals surface area contributed by atoms with E-state index in [0.29, 0.717) is 57.4 Å². The molecule has 1 aromatic rings. The van der Waals surface area contributed by atoms with Gasteiger partial charge in [-0.25, -0.2) is 0 Å². The topological polar surface area (TPSA) is 80.3 Å². The molecule has 1 atom stereocenters. The first kappa shape index (κ1) is 18.6. The molecule has 2 heterocycles. The van der Waals surface area contributed by atoms with Crippen LogP contribution in [-0.2, 0) is 19.1 Å². The summed E-state index contributed by atoms with van der Waals surface area (Å²) in [5, 5.41) is 2.86. The molecule has 0 radical (unpaired) electrons. The van der Waals surface area contributed by atoms with Crippen molar-refractivity contribution in [1.29, 1.82) is 0 Å². The highest BCUT2D eigenvalue weighted by molar-refractivity contribution is 5.92. The van der Waals surface area contributed by atoms with Crippen LogP contribution in [0, 0.1) is 0 Å². The second-order valence-electron chi connectivity index (χ2n) is 6.31. The van der Waals surface area contributed by atoms with Crippen molar-refractivity contribution in [2.24, 2.45) is 0 Å². The summed E-state index contributed by atoms with van der Waals surface area (Å²) in [5.41, 5.74) is 0.684. The standard InChI is InChI=1S/C18H25N3O5/c1-24-15-4-2-3-14(11-15)19-17(22)13-20-5-10-26-16(12-20)18(23)21-6-8-25-9-7-21/h2-4,11,16H,5-10,12-13H2,1H3,(H,19,22). The molecule has 2 aliphatic rings. The number of carbonyl (C=O) groups is 2. The lowest BCUT2D eigenvalue weighted by Gasteiger charge is -2.35. The van der Waals surface area contributed by atoms with Crippen molar-refractivity contribution in [3.05, 3.63) is 24.3 Å². The monoisotopic (exact) mass is 363 g/mol. The summed E-state index contributed by atoms with van der Waals surface area (Å²) in [7, 11) is 1.58. The Morgan fingerprint density at radius 3 is 2.81 bits per heavy atom. The number of amides is 2. The molecule has 2 fully saturated rings. The Kier molecular flexibility index (Phi) is 6.43. The average Bonchev–Trinajstić information content (AvgIpc) is 2.68. The molecular weight excluding hydrogens is 338 g/mol. The number of hydrogen-bond donors (Lipinski definition) is 1. The molecule has 8 heteroatoms. The zero-order valence-electron chi connectivity index (χ0n) is 15.0. The smallest absolute Gasteiger partial charge is 0.253 e. The van der Waals surface area contributed by atoms with Crippen LogP contribution in [0.15, 0.2) is 24.3 Å². The Hall–Kier alpha value is -2.16. The number of morpholine rings is 2. The molecule has 142 valence electrons. The maximum atomic E-state index is 12.6. The van der Waals surface area contributed by atoms with Crippen molar-refractivity contribution in [3.8, 4) is 5.75 Å². The van der Waals surface area contributed by atoms with Crippen LogP contribution >= 0.6 is 0 Å². The minimum atomic E-state index is -0.522. The third kappa shape index (κ3) is 4.94. The van der Waals surface area contributed by atoms with E-state index in [9.17, 15) is 9.59 Å². The van der Waals surface area contributed by atoms with Crippen molar-refractivity contribution in [3.63, 3.8) is 0 Å². The first-order chi connectivity index (χ1) is 12.7. The quantitative estimate of drug-likeness (QED) is 0.805. The molecule has 0 aliphatic carbocycles. The van der Waals surface area contributed by atoms with Gasteiger partial charge in [-0.1, -0.05) is 6.07 Å². The predicted molar refractivity (Wildman–Crippen MR) is 95.2 cm³/mol. The van der Waals surface area contributed by atoms with Gasteiger partial charge in [-0.3, -0.25) is 14.5 Å². The fourth-order valence-corrected chi connectivity index (χ4v) is 3.09. The van der Waals surface area contributed by atoms with Crippen LogP contribution in [0.2, 0.25) is 0 Å². The van der Waals surface area contributed by atoms with Gasteiger partial charge in [-0.15, -0.1) is 0 Å². The highest BCUT2D eigenvalue weighted by Gasteiger charge is 2.31. The third-order valence-corrected chi connectivity index (χ3v) is 4.47. The SMILES string of the molecule is COc1cccc(NC(=O)CN2CCOC(C(=O)N3CCOCC3)C2)c1. The molecule has 1 unspecified atom stereocenters. The molecule has 0 bridgehead atoms. The summed E-state index contributed by atoms with van der Waals surface area (Å²) >= 11 is 0. The normalized spacial score (nSPS) is 21.3. The van der Waals surface area contributed by atoms with E-state index < -0.39 is 6.10 Å². The van der Waals surface area contributed by atoms with Gasteiger partial charge in [-0.05, 0) is 12.1 Å². The summed E-state index contributed by atoms with van der Waals surface area (Å²) in [6.45, 7) is 4.00. The van der Waals surface area contributed by atoms with E-state index in [1.165, 1.54) is 0 Å². The molecular formula is C18H25N3O5. The molecule has 26 heavy (non-hydrogen) atoms. The summed E-state index contributed by atoms with van der Waals surface area (Å²) in [5.74, 6) is 0.536. The van der Waals surface area contributed by atoms with Crippen molar-refractivity contribution in [2.75, 3.05) is 65.0 Å². The lowest BCUT2D eigenvalue weighted by molar-refractivity contribution is -0.154. The number of anilines is 1. The zero-order chi connectivity index (χ0) is 18.4. The first-order valence-corrected chi connectivity index (χ1v) is 8.80. The van der Waals surface area contributed by atoms with Gasteiger partial charge in [0.15, 0.2) is 0 Å². The number of benzene rings is 1. The number of ether oxygens (including phenoxy) is 3. The molecule has 8 nitrogen and oxygen atoms in total. The summed E-state index contributed by atoms with van der Waals surface area (Å²) in [6.07, 6.45) is -0.522. The molecule has 2 amide bonds. The molecule has 0 spiro atoms. The minimum absolute atomic E-state index is 0.0220. The Balaban J connectivity index is 1.50. The van der Waals surface area contributed by atoms with Gasteiger partial charge in [0.2, 0.25) is 5.91 Å². The fraction of sp³-hybridized carbons (Fsp3) is 0.556. The van der Waals surface area contributed by atoms with E-state index in [1.807, 2.05) is 23.1 Å². The molecule has 0 aromatic heterocycles. The van der Waals surface area contributed by atoms with Gasteiger partial charge in [0.25, 0.3) is 5.91 Å².